The van der Waals surface area contributed by atoms with E-state index in [1.165, 1.54) is 0 Å². The van der Waals surface area contributed by atoms with E-state index in [9.17, 15) is 14.4 Å². The number of hydrogen-bond acceptors (Lipinski definition) is 4. The first kappa shape index (κ1) is 19.0. The van der Waals surface area contributed by atoms with Gasteiger partial charge in [0.2, 0.25) is 11.8 Å². The Labute approximate surface area is 159 Å². The lowest BCUT2D eigenvalue weighted by molar-refractivity contribution is -0.142. The van der Waals surface area contributed by atoms with Crippen molar-refractivity contribution in [2.75, 3.05) is 32.4 Å². The van der Waals surface area contributed by atoms with Gasteiger partial charge in [-0.15, -0.1) is 11.8 Å². The second-order valence-corrected chi connectivity index (χ2v) is 7.86. The number of Topliss-reactive ketones (excluding diaryl/α,β-unsaturated/α-hetero) is 1. The number of carbonyl (C=O) groups is 3. The third kappa shape index (κ3) is 4.29. The van der Waals surface area contributed by atoms with E-state index in [0.717, 1.165) is 36.1 Å². The minimum Gasteiger partial charge on any atom is -0.340 e. The molecular weight excluding hydrogens is 348 g/mol. The maximum absolute atomic E-state index is 13.0. The minimum absolute atomic E-state index is 0.0316. The van der Waals surface area contributed by atoms with E-state index in [2.05, 4.69) is 0 Å². The number of nitrogens with zero attached hydrogens (tertiary/aromatic N) is 2. The zero-order chi connectivity index (χ0) is 18.5. The molecular formula is C20H26N2O3S. The van der Waals surface area contributed by atoms with Crippen molar-refractivity contribution in [1.82, 2.24) is 9.80 Å². The summed E-state index contributed by atoms with van der Waals surface area (Å²) in [6.07, 6.45) is 6.04. The van der Waals surface area contributed by atoms with Gasteiger partial charge >= 0.3 is 0 Å². The van der Waals surface area contributed by atoms with Gasteiger partial charge in [-0.25, -0.2) is 0 Å². The van der Waals surface area contributed by atoms with Crippen LogP contribution in [0, 0.1) is 5.92 Å². The van der Waals surface area contributed by atoms with E-state index in [1.807, 2.05) is 30.5 Å². The van der Waals surface area contributed by atoms with Crippen molar-refractivity contribution in [3.8, 4) is 0 Å². The maximum atomic E-state index is 13.0. The number of thioether (sulfide) groups is 1. The Kier molecular flexibility index (Phi) is 6.35. The molecule has 0 saturated carbocycles. The zero-order valence-electron chi connectivity index (χ0n) is 15.3. The van der Waals surface area contributed by atoms with Gasteiger partial charge in [-0.05, 0) is 38.0 Å². The van der Waals surface area contributed by atoms with Crippen molar-refractivity contribution in [1.29, 1.82) is 0 Å². The SMILES string of the molecule is CSc1ccccc1C(=O)C1CCCN(C(=O)CN2CCCCC2=O)C1. The molecule has 5 nitrogen and oxygen atoms in total. The Morgan fingerprint density at radius 3 is 2.73 bits per heavy atom. The predicted molar refractivity (Wildman–Crippen MR) is 102 cm³/mol. The van der Waals surface area contributed by atoms with Gasteiger partial charge in [0, 0.05) is 42.4 Å². The molecule has 2 aliphatic rings. The number of benzene rings is 1. The molecule has 140 valence electrons. The summed E-state index contributed by atoms with van der Waals surface area (Å²) in [6.45, 7) is 1.96. The second kappa shape index (κ2) is 8.71. The number of carbonyl (C=O) groups excluding carboxylic acids is 3. The third-order valence-corrected chi connectivity index (χ3v) is 6.06. The molecule has 1 atom stereocenters. The summed E-state index contributed by atoms with van der Waals surface area (Å²) in [6, 6.07) is 7.67. The molecule has 0 N–H and O–H groups in total. The average molecular weight is 375 g/mol. The number of amides is 2. The average Bonchev–Trinajstić information content (AvgIpc) is 2.69. The van der Waals surface area contributed by atoms with Crippen LogP contribution < -0.4 is 0 Å². The zero-order valence-corrected chi connectivity index (χ0v) is 16.1. The van der Waals surface area contributed by atoms with Gasteiger partial charge < -0.3 is 9.80 Å². The highest BCUT2D eigenvalue weighted by atomic mass is 32.2. The lowest BCUT2D eigenvalue weighted by Crippen LogP contribution is -2.48. The highest BCUT2D eigenvalue weighted by molar-refractivity contribution is 7.98. The Morgan fingerprint density at radius 1 is 1.15 bits per heavy atom. The summed E-state index contributed by atoms with van der Waals surface area (Å²) in [5.41, 5.74) is 0.755. The molecule has 0 aliphatic carbocycles. The number of rotatable bonds is 5. The van der Waals surface area contributed by atoms with Crippen LogP contribution in [0.5, 0.6) is 0 Å². The number of piperidine rings is 2. The molecule has 1 unspecified atom stereocenters. The number of hydrogen-bond donors (Lipinski definition) is 0. The summed E-state index contributed by atoms with van der Waals surface area (Å²) in [5, 5.41) is 0. The fourth-order valence-electron chi connectivity index (χ4n) is 3.78. The quantitative estimate of drug-likeness (QED) is 0.587. The minimum atomic E-state index is -0.155. The molecule has 0 spiro atoms. The highest BCUT2D eigenvalue weighted by Crippen LogP contribution is 2.27. The van der Waals surface area contributed by atoms with Crippen LogP contribution in [-0.4, -0.2) is 59.8 Å². The summed E-state index contributed by atoms with van der Waals surface area (Å²) < 4.78 is 0. The second-order valence-electron chi connectivity index (χ2n) is 7.02. The molecule has 26 heavy (non-hydrogen) atoms. The van der Waals surface area contributed by atoms with Crippen molar-refractivity contribution in [3.63, 3.8) is 0 Å². The van der Waals surface area contributed by atoms with Gasteiger partial charge in [-0.2, -0.15) is 0 Å². The van der Waals surface area contributed by atoms with E-state index in [4.69, 9.17) is 0 Å². The fraction of sp³-hybridized carbons (Fsp3) is 0.550. The van der Waals surface area contributed by atoms with Crippen LogP contribution in [0.3, 0.4) is 0 Å². The molecule has 0 radical (unpaired) electrons. The molecule has 1 aromatic carbocycles. The van der Waals surface area contributed by atoms with Crippen LogP contribution in [0.1, 0.15) is 42.5 Å². The fourth-order valence-corrected chi connectivity index (χ4v) is 4.38. The monoisotopic (exact) mass is 374 g/mol. The summed E-state index contributed by atoms with van der Waals surface area (Å²) in [7, 11) is 0. The largest absolute Gasteiger partial charge is 0.340 e. The molecule has 2 heterocycles. The molecule has 2 fully saturated rings. The van der Waals surface area contributed by atoms with Gasteiger partial charge in [0.05, 0.1) is 6.54 Å². The molecule has 0 bridgehead atoms. The molecule has 6 heteroatoms. The molecule has 2 amide bonds. The van der Waals surface area contributed by atoms with Gasteiger partial charge in [-0.1, -0.05) is 18.2 Å². The van der Waals surface area contributed by atoms with E-state index in [0.29, 0.717) is 26.1 Å². The van der Waals surface area contributed by atoms with Crippen molar-refractivity contribution in [2.24, 2.45) is 5.92 Å². The van der Waals surface area contributed by atoms with E-state index >= 15 is 0 Å². The van der Waals surface area contributed by atoms with Gasteiger partial charge in [0.25, 0.3) is 0 Å². The first-order valence-electron chi connectivity index (χ1n) is 9.33. The highest BCUT2D eigenvalue weighted by Gasteiger charge is 2.31. The van der Waals surface area contributed by atoms with Crippen LogP contribution in [-0.2, 0) is 9.59 Å². The van der Waals surface area contributed by atoms with Crippen molar-refractivity contribution >= 4 is 29.4 Å². The van der Waals surface area contributed by atoms with Crippen LogP contribution >= 0.6 is 11.8 Å². The van der Waals surface area contributed by atoms with Gasteiger partial charge in [0.1, 0.15) is 0 Å². The van der Waals surface area contributed by atoms with E-state index < -0.39 is 0 Å². The predicted octanol–water partition coefficient (Wildman–Crippen LogP) is 2.84. The Bertz CT molecular complexity index is 691. The normalized spacial score (nSPS) is 21.0. The molecule has 1 aromatic rings. The summed E-state index contributed by atoms with van der Waals surface area (Å²) in [4.78, 5) is 42.0. The summed E-state index contributed by atoms with van der Waals surface area (Å²) >= 11 is 1.57. The third-order valence-electron chi connectivity index (χ3n) is 5.26. The Hall–Kier alpha value is -1.82. The van der Waals surface area contributed by atoms with Crippen LogP contribution in [0.15, 0.2) is 29.2 Å². The van der Waals surface area contributed by atoms with Crippen molar-refractivity contribution in [3.05, 3.63) is 29.8 Å². The summed E-state index contributed by atoms with van der Waals surface area (Å²) in [5.74, 6) is 0.0126. The maximum Gasteiger partial charge on any atom is 0.242 e. The Morgan fingerprint density at radius 2 is 1.96 bits per heavy atom. The lowest BCUT2D eigenvalue weighted by Gasteiger charge is -2.34. The van der Waals surface area contributed by atoms with Crippen LogP contribution in [0.2, 0.25) is 0 Å². The van der Waals surface area contributed by atoms with Crippen LogP contribution in [0.25, 0.3) is 0 Å². The van der Waals surface area contributed by atoms with Gasteiger partial charge in [0.15, 0.2) is 5.78 Å². The molecule has 0 aromatic heterocycles. The molecule has 3 rings (SSSR count). The number of likely N-dealkylation sites (tertiary alicyclic amines) is 2. The lowest BCUT2D eigenvalue weighted by atomic mass is 9.90. The van der Waals surface area contributed by atoms with Crippen molar-refractivity contribution in [2.45, 2.75) is 37.0 Å². The first-order chi connectivity index (χ1) is 12.6. The van der Waals surface area contributed by atoms with E-state index in [-0.39, 0.29) is 30.1 Å². The molecule has 2 aliphatic heterocycles. The molecule has 2 saturated heterocycles. The first-order valence-corrected chi connectivity index (χ1v) is 10.6. The number of ketones is 1. The van der Waals surface area contributed by atoms with Crippen molar-refractivity contribution < 1.29 is 14.4 Å². The topological polar surface area (TPSA) is 57.7 Å². The van der Waals surface area contributed by atoms with E-state index in [1.54, 1.807) is 21.6 Å². The van der Waals surface area contributed by atoms with Gasteiger partial charge in [-0.3, -0.25) is 14.4 Å². The smallest absolute Gasteiger partial charge is 0.242 e. The standard InChI is InChI=1S/C20H26N2O3S/c1-26-17-9-3-2-8-16(17)20(25)15-7-6-12-21(13-15)19(24)14-22-11-5-4-10-18(22)23/h2-3,8-9,15H,4-7,10-14H2,1H3. The van der Waals surface area contributed by atoms with Crippen LogP contribution in [0.4, 0.5) is 0 Å². The Balaban J connectivity index is 1.64.